The second-order valence-electron chi connectivity index (χ2n) is 8.68. The van der Waals surface area contributed by atoms with Crippen LogP contribution in [0.5, 0.6) is 0 Å². The van der Waals surface area contributed by atoms with Gasteiger partial charge in [-0.05, 0) is 65.9 Å². The van der Waals surface area contributed by atoms with E-state index < -0.39 is 22.1 Å². The molecule has 0 saturated carbocycles. The Hall–Kier alpha value is -2.91. The molecule has 0 aliphatic carbocycles. The number of hydrogen-bond acceptors (Lipinski definition) is 5. The van der Waals surface area contributed by atoms with Gasteiger partial charge < -0.3 is 9.84 Å². The van der Waals surface area contributed by atoms with E-state index in [0.717, 1.165) is 16.7 Å². The van der Waals surface area contributed by atoms with Crippen LogP contribution in [0.15, 0.2) is 65.6 Å². The number of nitrogens with one attached hydrogen (secondary N) is 1. The first-order valence-electron chi connectivity index (χ1n) is 11.2. The van der Waals surface area contributed by atoms with E-state index in [2.05, 4.69) is 9.62 Å². The summed E-state index contributed by atoms with van der Waals surface area (Å²) in [5.41, 5.74) is 4.62. The Balaban J connectivity index is 1.48. The molecule has 0 spiro atoms. The topological polar surface area (TPSA) is 95.9 Å². The van der Waals surface area contributed by atoms with Crippen molar-refractivity contribution in [2.45, 2.75) is 31.4 Å². The molecular formula is C26H27ClN2O5S. The monoisotopic (exact) mass is 514 g/mol. The molecule has 0 radical (unpaired) electrons. The molecule has 0 amide bonds. The normalized spacial score (nSPS) is 16.7. The molecule has 9 heteroatoms. The van der Waals surface area contributed by atoms with Crippen LogP contribution in [0.25, 0.3) is 11.1 Å². The second kappa shape index (κ2) is 10.4. The summed E-state index contributed by atoms with van der Waals surface area (Å²) in [6.45, 7) is 5.55. The van der Waals surface area contributed by atoms with Crippen LogP contribution in [0.3, 0.4) is 0 Å². The smallest absolute Gasteiger partial charge is 0.334 e. The molecule has 3 aromatic carbocycles. The average Bonchev–Trinajstić information content (AvgIpc) is 2.82. The van der Waals surface area contributed by atoms with Crippen LogP contribution in [-0.4, -0.2) is 50.2 Å². The van der Waals surface area contributed by atoms with Gasteiger partial charge in [0, 0.05) is 30.3 Å². The average molecular weight is 515 g/mol. The van der Waals surface area contributed by atoms with Crippen molar-refractivity contribution in [3.63, 3.8) is 0 Å². The van der Waals surface area contributed by atoms with Crippen LogP contribution in [0.2, 0.25) is 5.02 Å². The Labute approximate surface area is 210 Å². The van der Waals surface area contributed by atoms with Crippen molar-refractivity contribution in [2.75, 3.05) is 24.4 Å². The number of carbonyl (C=O) groups is 1. The molecule has 2 N–H and O–H groups in total. The van der Waals surface area contributed by atoms with Crippen LogP contribution in [-0.2, 0) is 26.1 Å². The van der Waals surface area contributed by atoms with E-state index >= 15 is 0 Å². The van der Waals surface area contributed by atoms with Crippen molar-refractivity contribution in [1.29, 1.82) is 0 Å². The van der Waals surface area contributed by atoms with Crippen molar-refractivity contribution < 1.29 is 23.1 Å². The van der Waals surface area contributed by atoms with E-state index in [1.165, 1.54) is 0 Å². The van der Waals surface area contributed by atoms with Gasteiger partial charge in [-0.3, -0.25) is 9.62 Å². The molecule has 0 bridgehead atoms. The Morgan fingerprint density at radius 3 is 2.54 bits per heavy atom. The minimum atomic E-state index is -3.78. The lowest BCUT2D eigenvalue weighted by atomic mass is 10.0. The van der Waals surface area contributed by atoms with Crippen molar-refractivity contribution in [1.82, 2.24) is 4.90 Å². The maximum Gasteiger partial charge on any atom is 0.334 e. The Kier molecular flexibility index (Phi) is 7.47. The van der Waals surface area contributed by atoms with Gasteiger partial charge in [-0.2, -0.15) is 0 Å². The number of anilines is 1. The number of halogens is 1. The minimum Gasteiger partial charge on any atom is -0.479 e. The van der Waals surface area contributed by atoms with Crippen molar-refractivity contribution in [2.24, 2.45) is 0 Å². The Morgan fingerprint density at radius 2 is 1.83 bits per heavy atom. The minimum absolute atomic E-state index is 0.197. The van der Waals surface area contributed by atoms with Gasteiger partial charge in [0.25, 0.3) is 10.0 Å². The third kappa shape index (κ3) is 6.02. The number of carboxylic acids is 1. The molecule has 1 aliphatic heterocycles. The fourth-order valence-electron chi connectivity index (χ4n) is 4.07. The number of nitrogens with zero attached hydrogens (tertiary/aromatic N) is 1. The summed E-state index contributed by atoms with van der Waals surface area (Å²) in [7, 11) is -3.78. The van der Waals surface area contributed by atoms with Crippen molar-refractivity contribution in [3.05, 3.63) is 82.4 Å². The number of rotatable bonds is 7. The molecule has 1 heterocycles. The quantitative estimate of drug-likeness (QED) is 0.474. The zero-order valence-corrected chi connectivity index (χ0v) is 21.1. The molecule has 35 heavy (non-hydrogen) atoms. The number of ether oxygens (including phenoxy) is 1. The number of morpholine rings is 1. The van der Waals surface area contributed by atoms with E-state index in [1.54, 1.807) is 44.2 Å². The third-order valence-corrected chi connectivity index (χ3v) is 7.91. The number of hydrogen-bond donors (Lipinski definition) is 2. The number of carboxylic acid groups (broad SMARTS) is 1. The highest BCUT2D eigenvalue weighted by Crippen LogP contribution is 2.28. The van der Waals surface area contributed by atoms with Gasteiger partial charge in [-0.15, -0.1) is 0 Å². The first-order chi connectivity index (χ1) is 16.6. The van der Waals surface area contributed by atoms with Crippen LogP contribution in [0.4, 0.5) is 5.69 Å². The van der Waals surface area contributed by atoms with Crippen LogP contribution in [0.1, 0.15) is 16.7 Å². The molecule has 4 rings (SSSR count). The lowest BCUT2D eigenvalue weighted by molar-refractivity contribution is -0.156. The van der Waals surface area contributed by atoms with Gasteiger partial charge in [-0.1, -0.05) is 48.0 Å². The van der Waals surface area contributed by atoms with Crippen molar-refractivity contribution in [3.8, 4) is 11.1 Å². The number of aliphatic carboxylic acids is 1. The summed E-state index contributed by atoms with van der Waals surface area (Å²) in [5.74, 6) is -0.943. The number of sulfonamides is 1. The van der Waals surface area contributed by atoms with Gasteiger partial charge in [0.05, 0.1) is 11.5 Å². The summed E-state index contributed by atoms with van der Waals surface area (Å²) >= 11 is 6.12. The van der Waals surface area contributed by atoms with Gasteiger partial charge in [0.15, 0.2) is 6.10 Å². The van der Waals surface area contributed by atoms with Gasteiger partial charge in [-0.25, -0.2) is 13.2 Å². The fourth-order valence-corrected chi connectivity index (χ4v) is 5.65. The summed E-state index contributed by atoms with van der Waals surface area (Å²) < 4.78 is 34.0. The van der Waals surface area contributed by atoms with Gasteiger partial charge in [0.2, 0.25) is 0 Å². The summed E-state index contributed by atoms with van der Waals surface area (Å²) in [6.07, 6.45) is -0.796. The highest BCUT2D eigenvalue weighted by atomic mass is 35.5. The highest BCUT2D eigenvalue weighted by molar-refractivity contribution is 7.92. The van der Waals surface area contributed by atoms with Gasteiger partial charge >= 0.3 is 5.97 Å². The highest BCUT2D eigenvalue weighted by Gasteiger charge is 2.26. The lowest BCUT2D eigenvalue weighted by Gasteiger charge is -2.30. The van der Waals surface area contributed by atoms with Gasteiger partial charge in [0.1, 0.15) is 0 Å². The fraction of sp³-hybridized carbons (Fsp3) is 0.269. The molecule has 3 aromatic rings. The molecular weight excluding hydrogens is 488 g/mol. The lowest BCUT2D eigenvalue weighted by Crippen LogP contribution is -2.45. The standard InChI is InChI=1S/C26H27ClN2O5S/c1-17-13-25(18(2)12-23(17)27)35(32,33)28-22-5-3-4-21(14-22)20-8-6-19(7-9-20)15-29-10-11-34-24(16-29)26(30)31/h3-9,12-14,24,28H,10-11,15-16H2,1-2H3,(H,30,31). The molecule has 1 atom stereocenters. The predicted molar refractivity (Wildman–Crippen MR) is 136 cm³/mol. The number of aryl methyl sites for hydroxylation is 2. The first kappa shape index (κ1) is 25.2. The molecule has 1 aliphatic rings. The SMILES string of the molecule is Cc1cc(S(=O)(=O)Nc2cccc(-c3ccc(CN4CCOC(C(=O)O)C4)cc3)c2)c(C)cc1Cl. The maximum atomic E-state index is 13.0. The van der Waals surface area contributed by atoms with E-state index in [-0.39, 0.29) is 4.90 Å². The van der Waals surface area contributed by atoms with Crippen LogP contribution >= 0.6 is 11.6 Å². The number of benzene rings is 3. The second-order valence-corrected chi connectivity index (χ2v) is 10.7. The Bertz CT molecular complexity index is 1340. The predicted octanol–water partition coefficient (Wildman–Crippen LogP) is 4.71. The zero-order valence-electron chi connectivity index (χ0n) is 19.5. The summed E-state index contributed by atoms with van der Waals surface area (Å²) in [6, 6.07) is 18.4. The summed E-state index contributed by atoms with van der Waals surface area (Å²) in [5, 5.41) is 9.71. The van der Waals surface area contributed by atoms with E-state index in [0.29, 0.717) is 48.1 Å². The molecule has 1 fully saturated rings. The maximum absolute atomic E-state index is 13.0. The molecule has 7 nitrogen and oxygen atoms in total. The van der Waals surface area contributed by atoms with Crippen LogP contribution < -0.4 is 4.72 Å². The molecule has 0 aromatic heterocycles. The van der Waals surface area contributed by atoms with E-state index in [1.807, 2.05) is 30.3 Å². The largest absolute Gasteiger partial charge is 0.479 e. The van der Waals surface area contributed by atoms with E-state index in [9.17, 15) is 18.3 Å². The zero-order chi connectivity index (χ0) is 25.2. The third-order valence-electron chi connectivity index (χ3n) is 5.98. The summed E-state index contributed by atoms with van der Waals surface area (Å²) in [4.78, 5) is 13.5. The first-order valence-corrected chi connectivity index (χ1v) is 13.0. The van der Waals surface area contributed by atoms with Crippen molar-refractivity contribution >= 4 is 33.3 Å². The molecule has 184 valence electrons. The molecule has 1 saturated heterocycles. The molecule has 1 unspecified atom stereocenters. The Morgan fingerprint density at radius 1 is 1.09 bits per heavy atom. The van der Waals surface area contributed by atoms with Crippen LogP contribution in [0, 0.1) is 13.8 Å². The van der Waals surface area contributed by atoms with E-state index in [4.69, 9.17) is 16.3 Å².